The number of aromatic amines is 1. The number of aromatic nitrogens is 2. The molecule has 14 heavy (non-hydrogen) atoms. The molecule has 1 aliphatic rings. The van der Waals surface area contributed by atoms with Crippen LogP contribution in [0.1, 0.15) is 11.3 Å². The summed E-state index contributed by atoms with van der Waals surface area (Å²) in [5.74, 6) is 0. The summed E-state index contributed by atoms with van der Waals surface area (Å²) in [5, 5.41) is 7.02. The smallest absolute Gasteiger partial charge is 0.151 e. The number of H-pyrrole nitrogens is 1. The van der Waals surface area contributed by atoms with Crippen molar-refractivity contribution in [2.75, 3.05) is 7.11 Å². The molecule has 1 radical (unpaired) electrons. The molecule has 0 atom stereocenters. The lowest BCUT2D eigenvalue weighted by atomic mass is 9.70. The van der Waals surface area contributed by atoms with Gasteiger partial charge >= 0.3 is 0 Å². The Labute approximate surface area is 93.6 Å². The van der Waals surface area contributed by atoms with Crippen LogP contribution in [0.5, 0.6) is 0 Å². The van der Waals surface area contributed by atoms with Gasteiger partial charge in [0, 0.05) is 36.8 Å². The largest absolute Gasteiger partial charge is 0.277 e. The number of hydroxylamine groups is 1. The molecule has 0 aromatic carbocycles. The molecule has 1 aromatic rings. The minimum atomic E-state index is -0.256. The van der Waals surface area contributed by atoms with E-state index in [2.05, 4.69) is 21.5 Å². The van der Waals surface area contributed by atoms with E-state index < -0.39 is 0 Å². The average Bonchev–Trinajstić information content (AvgIpc) is 2.61. The molecular weight excluding hydrogens is 292 g/mol. The molecule has 2 rings (SSSR count). The molecule has 0 fully saturated rings. The van der Waals surface area contributed by atoms with Crippen molar-refractivity contribution < 1.29 is 4.84 Å². The first kappa shape index (κ1) is 9.91. The van der Waals surface area contributed by atoms with Gasteiger partial charge < -0.3 is 0 Å². The van der Waals surface area contributed by atoms with Crippen molar-refractivity contribution in [3.05, 3.63) is 23.7 Å². The summed E-state index contributed by atoms with van der Waals surface area (Å²) in [4.78, 5) is 5.22. The quantitative estimate of drug-likeness (QED) is 0.510. The predicted molar refractivity (Wildman–Crippen MR) is 66.2 cm³/mol. The van der Waals surface area contributed by atoms with Gasteiger partial charge in [0.15, 0.2) is 7.28 Å². The maximum atomic E-state index is 5.22. The van der Waals surface area contributed by atoms with Gasteiger partial charge in [-0.05, 0) is 0 Å². The van der Waals surface area contributed by atoms with Crippen molar-refractivity contribution in [2.45, 2.75) is 6.82 Å². The maximum absolute atomic E-state index is 5.22. The lowest BCUT2D eigenvalue weighted by Crippen LogP contribution is -2.03. The average molecular weight is 302 g/mol. The third-order valence-corrected chi connectivity index (χ3v) is 4.08. The number of halogens is 1. The first-order valence-electron chi connectivity index (χ1n) is 4.20. The molecule has 0 spiro atoms. The van der Waals surface area contributed by atoms with Crippen LogP contribution in [0.25, 0.3) is 5.47 Å². The normalized spacial score (nSPS) is 15.3. The van der Waals surface area contributed by atoms with Crippen LogP contribution in [-0.4, -0.2) is 31.9 Å². The third-order valence-electron chi connectivity index (χ3n) is 1.96. The predicted octanol–water partition coefficient (Wildman–Crippen LogP) is 1.37. The highest BCUT2D eigenvalue weighted by molar-refractivity contribution is 14.2. The van der Waals surface area contributed by atoms with Gasteiger partial charge in [-0.1, -0.05) is 12.3 Å². The van der Waals surface area contributed by atoms with Gasteiger partial charge in [0.25, 0.3) is 0 Å². The molecule has 1 aromatic heterocycles. The van der Waals surface area contributed by atoms with E-state index in [0.717, 1.165) is 16.7 Å². The van der Waals surface area contributed by atoms with Crippen LogP contribution < -0.4 is 0 Å². The third kappa shape index (κ3) is 1.76. The Balaban J connectivity index is 2.45. The van der Waals surface area contributed by atoms with E-state index in [-0.39, 0.29) is 21.0 Å². The number of nitrogens with zero attached hydrogens (tertiary/aromatic N) is 2. The van der Waals surface area contributed by atoms with E-state index in [4.69, 9.17) is 4.84 Å². The van der Waals surface area contributed by atoms with Crippen LogP contribution in [0.3, 0.4) is 0 Å². The molecule has 2 heterocycles. The van der Waals surface area contributed by atoms with E-state index in [1.807, 2.05) is 22.5 Å². The highest BCUT2D eigenvalue weighted by Gasteiger charge is 2.12. The van der Waals surface area contributed by atoms with Crippen molar-refractivity contribution in [3.63, 3.8) is 0 Å². The van der Waals surface area contributed by atoms with E-state index in [0.29, 0.717) is 0 Å². The topological polar surface area (TPSA) is 41.1 Å². The van der Waals surface area contributed by atoms with E-state index in [1.165, 1.54) is 0 Å². The summed E-state index contributed by atoms with van der Waals surface area (Å²) in [6, 6.07) is 0. The summed E-state index contributed by atoms with van der Waals surface area (Å²) in [6.45, 7) is 2.01. The SMILES string of the molecule is C[B]C1=CN(OC)I=Cc2[nH]ncc21. The molecule has 1 N–H and O–H groups in total. The minimum absolute atomic E-state index is 0.256. The van der Waals surface area contributed by atoms with E-state index in [9.17, 15) is 0 Å². The van der Waals surface area contributed by atoms with E-state index >= 15 is 0 Å². The Morgan fingerprint density at radius 3 is 3.21 bits per heavy atom. The number of hydrogen-bond acceptors (Lipinski definition) is 3. The first-order valence-corrected chi connectivity index (χ1v) is 6.41. The fraction of sp³-hybridized carbons (Fsp3) is 0.250. The molecule has 0 bridgehead atoms. The molecule has 0 saturated heterocycles. The summed E-state index contributed by atoms with van der Waals surface area (Å²) in [7, 11) is 3.75. The highest BCUT2D eigenvalue weighted by atomic mass is 127. The molecule has 73 valence electrons. The molecule has 0 saturated carbocycles. The van der Waals surface area contributed by atoms with E-state index in [1.54, 1.807) is 7.11 Å². The Kier molecular flexibility index (Phi) is 3.02. The summed E-state index contributed by atoms with van der Waals surface area (Å²) in [5.41, 5.74) is 3.39. The van der Waals surface area contributed by atoms with Gasteiger partial charge in [-0.25, -0.2) is 3.28 Å². The minimum Gasteiger partial charge on any atom is -0.277 e. The van der Waals surface area contributed by atoms with Crippen molar-refractivity contribution >= 4 is 37.8 Å². The lowest BCUT2D eigenvalue weighted by molar-refractivity contribution is 0.0261. The van der Waals surface area contributed by atoms with Crippen molar-refractivity contribution in [2.24, 2.45) is 0 Å². The second-order valence-corrected chi connectivity index (χ2v) is 4.86. The highest BCUT2D eigenvalue weighted by Crippen LogP contribution is 2.24. The number of hydrogen-bond donors (Lipinski definition) is 1. The van der Waals surface area contributed by atoms with Gasteiger partial charge in [-0.15, -0.1) is 0 Å². The van der Waals surface area contributed by atoms with Crippen LogP contribution in [-0.2, 0) is 4.84 Å². The zero-order chi connectivity index (χ0) is 9.97. The summed E-state index contributed by atoms with van der Waals surface area (Å²) in [6.07, 6.45) is 3.87. The van der Waals surface area contributed by atoms with Gasteiger partial charge in [0.2, 0.25) is 0 Å². The Bertz CT molecular complexity index is 388. The maximum Gasteiger partial charge on any atom is 0.151 e. The summed E-state index contributed by atoms with van der Waals surface area (Å²) >= 11 is -0.256. The summed E-state index contributed by atoms with van der Waals surface area (Å²) < 4.78 is 4.06. The number of nitrogens with one attached hydrogen (secondary N) is 1. The van der Waals surface area contributed by atoms with Crippen molar-refractivity contribution in [3.8, 4) is 0 Å². The fourth-order valence-electron chi connectivity index (χ4n) is 1.24. The molecule has 0 unspecified atom stereocenters. The van der Waals surface area contributed by atoms with Crippen LogP contribution in [0.4, 0.5) is 0 Å². The standard InChI is InChI=1S/C8H10BIN3O/c1-9-7-5-13(14-2)10-3-8-6(7)4-11-12-8/h3-5H,1-2H3,(H,11,12). The van der Waals surface area contributed by atoms with Crippen LogP contribution >= 0.6 is 21.0 Å². The van der Waals surface area contributed by atoms with Crippen LogP contribution in [0, 0.1) is 0 Å². The Morgan fingerprint density at radius 1 is 1.64 bits per heavy atom. The van der Waals surface area contributed by atoms with Gasteiger partial charge in [-0.2, -0.15) is 5.10 Å². The Hall–Kier alpha value is -0.625. The fourth-order valence-corrected chi connectivity index (χ4v) is 2.95. The zero-order valence-corrected chi connectivity index (χ0v) is 10.1. The zero-order valence-electron chi connectivity index (χ0n) is 7.99. The molecular formula is C8H10BIN3O. The van der Waals surface area contributed by atoms with Crippen molar-refractivity contribution in [1.29, 1.82) is 0 Å². The monoisotopic (exact) mass is 302 g/mol. The Morgan fingerprint density at radius 2 is 2.50 bits per heavy atom. The molecule has 1 aliphatic heterocycles. The van der Waals surface area contributed by atoms with Crippen LogP contribution in [0.2, 0.25) is 6.82 Å². The lowest BCUT2D eigenvalue weighted by Gasteiger charge is -2.10. The van der Waals surface area contributed by atoms with Crippen LogP contribution in [0.15, 0.2) is 12.4 Å². The molecule has 4 nitrogen and oxygen atoms in total. The number of fused-ring (bicyclic) bond motifs is 1. The second-order valence-electron chi connectivity index (χ2n) is 2.73. The van der Waals surface area contributed by atoms with Gasteiger partial charge in [-0.3, -0.25) is 9.94 Å². The molecule has 0 amide bonds. The second kappa shape index (κ2) is 4.27. The first-order chi connectivity index (χ1) is 6.85. The molecule has 6 heteroatoms. The van der Waals surface area contributed by atoms with Gasteiger partial charge in [0.05, 0.1) is 19.0 Å². The molecule has 0 aliphatic carbocycles. The van der Waals surface area contributed by atoms with Crippen molar-refractivity contribution in [1.82, 2.24) is 13.5 Å². The number of rotatable bonds is 2. The van der Waals surface area contributed by atoms with Gasteiger partial charge in [0.1, 0.15) is 0 Å².